The standard InChI is InChI=1S/C30H42F2O2/c1-3-5-7-8-9-11-13-23-16-19-26-25(20-23)21-27(31)28(32)29(26)34-30(33)24-17-14-22(15-18-24)12-10-6-4-2/h16,19-22,24H,3-15,17-18H2,1-2H3. The molecule has 0 bridgehead atoms. The number of benzene rings is 2. The summed E-state index contributed by atoms with van der Waals surface area (Å²) in [5.74, 6) is -2.27. The fourth-order valence-corrected chi connectivity index (χ4v) is 5.28. The van der Waals surface area contributed by atoms with Gasteiger partial charge in [-0.05, 0) is 61.5 Å². The van der Waals surface area contributed by atoms with Crippen molar-refractivity contribution in [3.8, 4) is 5.75 Å². The third-order valence-corrected chi connectivity index (χ3v) is 7.47. The Morgan fingerprint density at radius 1 is 0.882 bits per heavy atom. The van der Waals surface area contributed by atoms with E-state index in [1.54, 1.807) is 6.07 Å². The van der Waals surface area contributed by atoms with Crippen LogP contribution in [0.1, 0.15) is 109 Å². The van der Waals surface area contributed by atoms with Gasteiger partial charge in [0.25, 0.3) is 0 Å². The monoisotopic (exact) mass is 472 g/mol. The van der Waals surface area contributed by atoms with Crippen LogP contribution in [0.4, 0.5) is 8.78 Å². The second kappa shape index (κ2) is 13.8. The Kier molecular flexibility index (Phi) is 10.8. The molecule has 0 spiro atoms. The molecule has 1 aliphatic carbocycles. The average molecular weight is 473 g/mol. The molecule has 0 aliphatic heterocycles. The van der Waals surface area contributed by atoms with Crippen LogP contribution in [0.5, 0.6) is 5.75 Å². The summed E-state index contributed by atoms with van der Waals surface area (Å²) in [6.45, 7) is 4.42. The van der Waals surface area contributed by atoms with Gasteiger partial charge in [0.2, 0.25) is 5.82 Å². The van der Waals surface area contributed by atoms with Crippen LogP contribution in [0.25, 0.3) is 10.8 Å². The van der Waals surface area contributed by atoms with E-state index >= 15 is 0 Å². The number of aryl methyl sites for hydroxylation is 1. The van der Waals surface area contributed by atoms with Gasteiger partial charge in [0.15, 0.2) is 11.6 Å². The predicted molar refractivity (Wildman–Crippen MR) is 136 cm³/mol. The van der Waals surface area contributed by atoms with Crippen LogP contribution in [0, 0.1) is 23.5 Å². The molecule has 1 aliphatic rings. The first-order valence-electron chi connectivity index (χ1n) is 13.7. The number of rotatable bonds is 13. The maximum atomic E-state index is 14.7. The quantitative estimate of drug-likeness (QED) is 0.165. The minimum atomic E-state index is -1.07. The zero-order valence-corrected chi connectivity index (χ0v) is 21.1. The summed E-state index contributed by atoms with van der Waals surface area (Å²) in [6, 6.07) is 6.85. The van der Waals surface area contributed by atoms with Crippen LogP contribution in [-0.2, 0) is 11.2 Å². The molecule has 1 saturated carbocycles. The Morgan fingerprint density at radius 2 is 1.56 bits per heavy atom. The van der Waals surface area contributed by atoms with E-state index in [4.69, 9.17) is 4.74 Å². The molecule has 0 amide bonds. The molecule has 0 aromatic heterocycles. The first-order chi connectivity index (χ1) is 16.5. The van der Waals surface area contributed by atoms with E-state index in [9.17, 15) is 13.6 Å². The molecule has 0 saturated heterocycles. The third-order valence-electron chi connectivity index (χ3n) is 7.47. The normalized spacial score (nSPS) is 18.4. The molecule has 4 heteroatoms. The molecule has 1 fully saturated rings. The summed E-state index contributed by atoms with van der Waals surface area (Å²) in [5, 5.41) is 1.05. The molecule has 3 rings (SSSR count). The second-order valence-electron chi connectivity index (χ2n) is 10.2. The van der Waals surface area contributed by atoms with Crippen molar-refractivity contribution in [2.75, 3.05) is 0 Å². The molecular weight excluding hydrogens is 430 g/mol. The van der Waals surface area contributed by atoms with Crippen molar-refractivity contribution in [3.05, 3.63) is 41.5 Å². The number of halogens is 2. The van der Waals surface area contributed by atoms with Crippen LogP contribution >= 0.6 is 0 Å². The van der Waals surface area contributed by atoms with Crippen molar-refractivity contribution in [1.82, 2.24) is 0 Å². The third kappa shape index (κ3) is 7.52. The van der Waals surface area contributed by atoms with Gasteiger partial charge in [-0.2, -0.15) is 4.39 Å². The van der Waals surface area contributed by atoms with E-state index in [2.05, 4.69) is 13.8 Å². The minimum Gasteiger partial charge on any atom is -0.422 e. The van der Waals surface area contributed by atoms with Crippen LogP contribution in [-0.4, -0.2) is 5.97 Å². The van der Waals surface area contributed by atoms with Crippen molar-refractivity contribution in [2.45, 2.75) is 110 Å². The SMILES string of the molecule is CCCCCCCCc1ccc2c(OC(=O)C3CCC(CCCCC)CC3)c(F)c(F)cc2c1. The summed E-state index contributed by atoms with van der Waals surface area (Å²) in [5.41, 5.74) is 1.10. The summed E-state index contributed by atoms with van der Waals surface area (Å²) in [4.78, 5) is 12.8. The lowest BCUT2D eigenvalue weighted by Crippen LogP contribution is -2.26. The highest BCUT2D eigenvalue weighted by Crippen LogP contribution is 2.36. The van der Waals surface area contributed by atoms with Gasteiger partial charge in [-0.25, -0.2) is 4.39 Å². The highest BCUT2D eigenvalue weighted by molar-refractivity contribution is 5.91. The van der Waals surface area contributed by atoms with E-state index in [1.165, 1.54) is 63.9 Å². The Balaban J connectivity index is 1.62. The maximum absolute atomic E-state index is 14.7. The number of unbranched alkanes of at least 4 members (excludes halogenated alkanes) is 7. The van der Waals surface area contributed by atoms with E-state index in [0.29, 0.717) is 16.7 Å². The van der Waals surface area contributed by atoms with Gasteiger partial charge in [0.05, 0.1) is 5.92 Å². The summed E-state index contributed by atoms with van der Waals surface area (Å²) in [7, 11) is 0. The highest BCUT2D eigenvalue weighted by atomic mass is 19.2. The smallest absolute Gasteiger partial charge is 0.314 e. The van der Waals surface area contributed by atoms with Crippen molar-refractivity contribution in [2.24, 2.45) is 11.8 Å². The zero-order valence-electron chi connectivity index (χ0n) is 21.1. The first kappa shape index (κ1) is 26.6. The molecule has 2 aromatic carbocycles. The van der Waals surface area contributed by atoms with Crippen molar-refractivity contribution < 1.29 is 18.3 Å². The van der Waals surface area contributed by atoms with Gasteiger partial charge in [0.1, 0.15) is 0 Å². The molecule has 2 nitrogen and oxygen atoms in total. The highest BCUT2D eigenvalue weighted by Gasteiger charge is 2.29. The number of hydrogen-bond donors (Lipinski definition) is 0. The Morgan fingerprint density at radius 3 is 2.29 bits per heavy atom. The number of fused-ring (bicyclic) bond motifs is 1. The number of esters is 1. The van der Waals surface area contributed by atoms with Crippen LogP contribution in [0.2, 0.25) is 0 Å². The number of carbonyl (C=O) groups excluding carboxylic acids is 1. The van der Waals surface area contributed by atoms with Crippen molar-refractivity contribution >= 4 is 16.7 Å². The van der Waals surface area contributed by atoms with Crippen molar-refractivity contribution in [1.29, 1.82) is 0 Å². The Bertz CT molecular complexity index is 916. The number of carbonyl (C=O) groups is 1. The maximum Gasteiger partial charge on any atom is 0.314 e. The number of ether oxygens (including phenoxy) is 1. The molecular formula is C30H42F2O2. The Hall–Kier alpha value is -1.97. The van der Waals surface area contributed by atoms with Gasteiger partial charge in [0, 0.05) is 5.39 Å². The van der Waals surface area contributed by atoms with E-state index < -0.39 is 17.6 Å². The van der Waals surface area contributed by atoms with Gasteiger partial charge in [-0.15, -0.1) is 0 Å². The van der Waals surface area contributed by atoms with Crippen molar-refractivity contribution in [3.63, 3.8) is 0 Å². The average Bonchev–Trinajstić information content (AvgIpc) is 2.84. The zero-order chi connectivity index (χ0) is 24.3. The molecule has 188 valence electrons. The molecule has 0 heterocycles. The van der Waals surface area contributed by atoms with Gasteiger partial charge in [-0.3, -0.25) is 4.79 Å². The number of hydrogen-bond acceptors (Lipinski definition) is 2. The fourth-order valence-electron chi connectivity index (χ4n) is 5.28. The molecule has 2 aromatic rings. The van der Waals surface area contributed by atoms with E-state index in [-0.39, 0.29) is 11.7 Å². The van der Waals surface area contributed by atoms with E-state index in [0.717, 1.165) is 44.1 Å². The lowest BCUT2D eigenvalue weighted by atomic mass is 9.80. The summed E-state index contributed by atoms with van der Waals surface area (Å²) < 4.78 is 34.6. The van der Waals surface area contributed by atoms with Gasteiger partial charge in [-0.1, -0.05) is 89.8 Å². The molecule has 34 heavy (non-hydrogen) atoms. The van der Waals surface area contributed by atoms with Crippen LogP contribution < -0.4 is 4.74 Å². The second-order valence-corrected chi connectivity index (χ2v) is 10.2. The largest absolute Gasteiger partial charge is 0.422 e. The molecule has 0 atom stereocenters. The van der Waals surface area contributed by atoms with E-state index in [1.807, 2.05) is 12.1 Å². The Labute approximate surface area is 204 Å². The molecule has 0 N–H and O–H groups in total. The predicted octanol–water partition coefficient (Wildman–Crippen LogP) is 9.31. The summed E-state index contributed by atoms with van der Waals surface area (Å²) >= 11 is 0. The topological polar surface area (TPSA) is 26.3 Å². The first-order valence-corrected chi connectivity index (χ1v) is 13.7. The van der Waals surface area contributed by atoms with Crippen LogP contribution in [0.15, 0.2) is 24.3 Å². The van der Waals surface area contributed by atoms with Gasteiger partial charge >= 0.3 is 5.97 Å². The minimum absolute atomic E-state index is 0.230. The molecule has 0 unspecified atom stereocenters. The lowest BCUT2D eigenvalue weighted by molar-refractivity contribution is -0.140. The molecule has 0 radical (unpaired) electrons. The summed E-state index contributed by atoms with van der Waals surface area (Å²) in [6.07, 6.45) is 16.7. The lowest BCUT2D eigenvalue weighted by Gasteiger charge is -2.27. The van der Waals surface area contributed by atoms with Crippen LogP contribution in [0.3, 0.4) is 0 Å². The fraction of sp³-hybridized carbons (Fsp3) is 0.633. The van der Waals surface area contributed by atoms with Gasteiger partial charge < -0.3 is 4.74 Å².